The lowest BCUT2D eigenvalue weighted by molar-refractivity contribution is -0.151. The van der Waals surface area contributed by atoms with Gasteiger partial charge in [0.15, 0.2) is 6.61 Å². The number of nitrogens with zero attached hydrogens (tertiary/aromatic N) is 1. The molecular formula is C17H27N3O5. The summed E-state index contributed by atoms with van der Waals surface area (Å²) in [6.07, 6.45) is 4.11. The van der Waals surface area contributed by atoms with Gasteiger partial charge in [0.25, 0.3) is 11.8 Å². The number of ether oxygens (including phenoxy) is 1. The Morgan fingerprint density at radius 3 is 2.76 bits per heavy atom. The highest BCUT2D eigenvalue weighted by Crippen LogP contribution is 2.38. The first-order chi connectivity index (χ1) is 11.8. The zero-order valence-electron chi connectivity index (χ0n) is 15.1. The van der Waals surface area contributed by atoms with Crippen molar-refractivity contribution in [3.05, 3.63) is 0 Å². The molecule has 1 spiro atoms. The Morgan fingerprint density at radius 2 is 2.12 bits per heavy atom. The molecule has 2 rings (SSSR count). The fraction of sp³-hybridized carbons (Fsp3) is 0.765. The second kappa shape index (κ2) is 7.84. The quantitative estimate of drug-likeness (QED) is 0.546. The summed E-state index contributed by atoms with van der Waals surface area (Å²) < 4.78 is 4.89. The lowest BCUT2D eigenvalue weighted by atomic mass is 9.73. The molecule has 1 aliphatic heterocycles. The first kappa shape index (κ1) is 19.2. The second-order valence-electron chi connectivity index (χ2n) is 6.98. The van der Waals surface area contributed by atoms with E-state index in [-0.39, 0.29) is 17.9 Å². The van der Waals surface area contributed by atoms with Gasteiger partial charge in [-0.1, -0.05) is 26.7 Å². The summed E-state index contributed by atoms with van der Waals surface area (Å²) in [5.74, 6) is -1.52. The molecule has 0 aromatic heterocycles. The van der Waals surface area contributed by atoms with Crippen LogP contribution in [0.4, 0.5) is 4.79 Å². The SMILES string of the molecule is CC[C@H](C)NC(=O)COC(=O)CN1C(=O)N[C@@]2(CCCC[C@@H]2C)C1=O. The average molecular weight is 353 g/mol. The highest BCUT2D eigenvalue weighted by Gasteiger charge is 2.55. The first-order valence-corrected chi connectivity index (χ1v) is 8.89. The largest absolute Gasteiger partial charge is 0.454 e. The molecule has 140 valence electrons. The summed E-state index contributed by atoms with van der Waals surface area (Å²) in [5.41, 5.74) is -0.899. The Morgan fingerprint density at radius 1 is 1.40 bits per heavy atom. The van der Waals surface area contributed by atoms with Gasteiger partial charge in [-0.25, -0.2) is 4.79 Å². The number of rotatable bonds is 6. The van der Waals surface area contributed by atoms with Crippen LogP contribution in [0.5, 0.6) is 0 Å². The van der Waals surface area contributed by atoms with Gasteiger partial charge in [-0.05, 0) is 32.1 Å². The van der Waals surface area contributed by atoms with Gasteiger partial charge in [0.05, 0.1) is 0 Å². The Kier molecular flexibility index (Phi) is 6.02. The van der Waals surface area contributed by atoms with E-state index in [1.54, 1.807) is 0 Å². The van der Waals surface area contributed by atoms with Crippen molar-refractivity contribution < 1.29 is 23.9 Å². The lowest BCUT2D eigenvalue weighted by Crippen LogP contribution is -2.54. The zero-order valence-corrected chi connectivity index (χ0v) is 15.1. The number of nitrogens with one attached hydrogen (secondary N) is 2. The molecule has 2 N–H and O–H groups in total. The normalized spacial score (nSPS) is 27.2. The second-order valence-corrected chi connectivity index (χ2v) is 6.98. The number of carbonyl (C=O) groups is 4. The standard InChI is InChI=1S/C17H27N3O5/c1-4-12(3)18-13(21)10-25-14(22)9-20-15(23)17(19-16(20)24)8-6-5-7-11(17)2/h11-12H,4-10H2,1-3H3,(H,18,21)(H,19,24)/t11-,12-,17+/m0/s1. The molecule has 1 saturated carbocycles. The van der Waals surface area contributed by atoms with Gasteiger partial charge >= 0.3 is 12.0 Å². The number of imide groups is 1. The molecule has 1 saturated heterocycles. The summed E-state index contributed by atoms with van der Waals surface area (Å²) in [6.45, 7) is 4.82. The van der Waals surface area contributed by atoms with Crippen LogP contribution in [0, 0.1) is 5.92 Å². The van der Waals surface area contributed by atoms with E-state index in [0.717, 1.165) is 30.6 Å². The van der Waals surface area contributed by atoms with Crippen molar-refractivity contribution in [2.24, 2.45) is 5.92 Å². The molecule has 1 aliphatic carbocycles. The number of carbonyl (C=O) groups excluding carboxylic acids is 4. The van der Waals surface area contributed by atoms with Crippen molar-refractivity contribution in [3.63, 3.8) is 0 Å². The third-order valence-corrected chi connectivity index (χ3v) is 5.17. The number of amides is 4. The Bertz CT molecular complexity index is 564. The van der Waals surface area contributed by atoms with Gasteiger partial charge in [-0.2, -0.15) is 0 Å². The summed E-state index contributed by atoms with van der Waals surface area (Å²) in [4.78, 5) is 49.3. The first-order valence-electron chi connectivity index (χ1n) is 8.89. The van der Waals surface area contributed by atoms with Gasteiger partial charge < -0.3 is 15.4 Å². The molecule has 1 heterocycles. The summed E-state index contributed by atoms with van der Waals surface area (Å²) in [6, 6.07) is -0.579. The minimum atomic E-state index is -0.899. The molecule has 2 aliphatic rings. The van der Waals surface area contributed by atoms with E-state index >= 15 is 0 Å². The molecule has 0 bridgehead atoms. The van der Waals surface area contributed by atoms with E-state index in [1.807, 2.05) is 20.8 Å². The van der Waals surface area contributed by atoms with E-state index in [9.17, 15) is 19.2 Å². The third kappa shape index (κ3) is 4.11. The van der Waals surface area contributed by atoms with Crippen molar-refractivity contribution >= 4 is 23.8 Å². The average Bonchev–Trinajstić information content (AvgIpc) is 2.80. The van der Waals surface area contributed by atoms with Crippen LogP contribution in [0.3, 0.4) is 0 Å². The molecule has 0 radical (unpaired) electrons. The van der Waals surface area contributed by atoms with Crippen LogP contribution >= 0.6 is 0 Å². The van der Waals surface area contributed by atoms with Crippen LogP contribution in [0.2, 0.25) is 0 Å². The third-order valence-electron chi connectivity index (χ3n) is 5.17. The minimum absolute atomic E-state index is 0.00946. The van der Waals surface area contributed by atoms with Crippen LogP contribution in [0.1, 0.15) is 52.9 Å². The van der Waals surface area contributed by atoms with Crippen LogP contribution in [0.25, 0.3) is 0 Å². The van der Waals surface area contributed by atoms with E-state index < -0.39 is 36.6 Å². The smallest absolute Gasteiger partial charge is 0.326 e. The van der Waals surface area contributed by atoms with Crippen LogP contribution < -0.4 is 10.6 Å². The van der Waals surface area contributed by atoms with Crippen molar-refractivity contribution in [1.29, 1.82) is 0 Å². The predicted molar refractivity (Wildman–Crippen MR) is 89.5 cm³/mol. The van der Waals surface area contributed by atoms with E-state index in [2.05, 4.69) is 10.6 Å². The highest BCUT2D eigenvalue weighted by molar-refractivity contribution is 6.09. The summed E-state index contributed by atoms with van der Waals surface area (Å²) >= 11 is 0. The van der Waals surface area contributed by atoms with Crippen molar-refractivity contribution in [3.8, 4) is 0 Å². The van der Waals surface area contributed by atoms with Crippen molar-refractivity contribution in [2.75, 3.05) is 13.2 Å². The van der Waals surface area contributed by atoms with Crippen LogP contribution in [-0.4, -0.2) is 53.4 Å². The molecule has 0 aromatic carbocycles. The van der Waals surface area contributed by atoms with Gasteiger partial charge in [0, 0.05) is 6.04 Å². The number of hydrogen-bond donors (Lipinski definition) is 2. The maximum atomic E-state index is 12.7. The Hall–Kier alpha value is -2.12. The number of urea groups is 1. The maximum Gasteiger partial charge on any atom is 0.326 e. The van der Waals surface area contributed by atoms with E-state index in [4.69, 9.17) is 4.74 Å². The lowest BCUT2D eigenvalue weighted by Gasteiger charge is -2.36. The zero-order chi connectivity index (χ0) is 18.6. The molecule has 3 atom stereocenters. The molecule has 4 amide bonds. The highest BCUT2D eigenvalue weighted by atomic mass is 16.5. The summed E-state index contributed by atoms with van der Waals surface area (Å²) in [7, 11) is 0. The molecule has 0 unspecified atom stereocenters. The van der Waals surface area contributed by atoms with E-state index in [1.165, 1.54) is 0 Å². The predicted octanol–water partition coefficient (Wildman–Crippen LogP) is 0.945. The monoisotopic (exact) mass is 353 g/mol. The molecule has 8 nitrogen and oxygen atoms in total. The van der Waals surface area contributed by atoms with Crippen LogP contribution in [0.15, 0.2) is 0 Å². The Balaban J connectivity index is 1.89. The fourth-order valence-electron chi connectivity index (χ4n) is 3.38. The maximum absolute atomic E-state index is 12.7. The molecule has 8 heteroatoms. The van der Waals surface area contributed by atoms with Crippen molar-refractivity contribution in [2.45, 2.75) is 64.5 Å². The Labute approximate surface area is 147 Å². The molecule has 25 heavy (non-hydrogen) atoms. The molecule has 0 aromatic rings. The van der Waals surface area contributed by atoms with Gasteiger partial charge in [0.1, 0.15) is 12.1 Å². The number of esters is 1. The topological polar surface area (TPSA) is 105 Å². The fourth-order valence-corrected chi connectivity index (χ4v) is 3.38. The van der Waals surface area contributed by atoms with Gasteiger partial charge in [0.2, 0.25) is 0 Å². The minimum Gasteiger partial charge on any atom is -0.454 e. The molecule has 2 fully saturated rings. The van der Waals surface area contributed by atoms with Crippen LogP contribution in [-0.2, 0) is 19.1 Å². The number of hydrogen-bond acceptors (Lipinski definition) is 5. The molecular weight excluding hydrogens is 326 g/mol. The van der Waals surface area contributed by atoms with Gasteiger partial charge in [-0.3, -0.25) is 19.3 Å². The van der Waals surface area contributed by atoms with E-state index in [0.29, 0.717) is 6.42 Å². The van der Waals surface area contributed by atoms with Gasteiger partial charge in [-0.15, -0.1) is 0 Å². The summed E-state index contributed by atoms with van der Waals surface area (Å²) in [5, 5.41) is 5.45. The van der Waals surface area contributed by atoms with Crippen molar-refractivity contribution in [1.82, 2.24) is 15.5 Å².